The van der Waals surface area contributed by atoms with Crippen LogP contribution in [0, 0.1) is 13.8 Å². The summed E-state index contributed by atoms with van der Waals surface area (Å²) in [7, 11) is 0. The fourth-order valence-electron chi connectivity index (χ4n) is 1.59. The van der Waals surface area contributed by atoms with Crippen molar-refractivity contribution < 1.29 is 9.90 Å². The molecule has 0 saturated heterocycles. The quantitative estimate of drug-likeness (QED) is 0.832. The zero-order valence-corrected chi connectivity index (χ0v) is 11.9. The van der Waals surface area contributed by atoms with Crippen molar-refractivity contribution in [3.8, 4) is 0 Å². The van der Waals surface area contributed by atoms with Crippen LogP contribution in [0.3, 0.4) is 0 Å². The Kier molecular flexibility index (Phi) is 5.55. The van der Waals surface area contributed by atoms with Crippen molar-refractivity contribution in [3.63, 3.8) is 0 Å². The number of aliphatic hydroxyl groups excluding tert-OH is 1. The molecule has 2 atom stereocenters. The van der Waals surface area contributed by atoms with E-state index in [4.69, 9.17) is 0 Å². The van der Waals surface area contributed by atoms with Gasteiger partial charge in [-0.25, -0.2) is 0 Å². The fraction of sp³-hybridized carbons (Fsp3) is 0.583. The molecule has 0 aliphatic heterocycles. The van der Waals surface area contributed by atoms with Gasteiger partial charge in [-0.2, -0.15) is 22.0 Å². The van der Waals surface area contributed by atoms with Gasteiger partial charge in [-0.15, -0.1) is 0 Å². The number of carbonyl (C=O) groups excluding carboxylic acids is 1. The molecule has 5 nitrogen and oxygen atoms in total. The first-order chi connectivity index (χ1) is 8.49. The van der Waals surface area contributed by atoms with E-state index in [0.29, 0.717) is 17.0 Å². The molecule has 1 rings (SSSR count). The molecule has 0 bridgehead atoms. The number of hydrogen-bond donors (Lipinski definition) is 2. The third kappa shape index (κ3) is 3.68. The Morgan fingerprint density at radius 2 is 2.17 bits per heavy atom. The number of aromatic nitrogens is 2. The van der Waals surface area contributed by atoms with Crippen LogP contribution in [0.1, 0.15) is 28.7 Å². The summed E-state index contributed by atoms with van der Waals surface area (Å²) in [6.45, 7) is 5.47. The highest BCUT2D eigenvalue weighted by Gasteiger charge is 2.19. The number of hydrogen-bond acceptors (Lipinski definition) is 5. The van der Waals surface area contributed by atoms with Crippen molar-refractivity contribution in [2.24, 2.45) is 0 Å². The summed E-state index contributed by atoms with van der Waals surface area (Å²) in [5.41, 5.74) is 1.85. The second-order valence-electron chi connectivity index (χ2n) is 4.20. The highest BCUT2D eigenvalue weighted by Crippen LogP contribution is 2.12. The molecular formula is C12H19N3O2S. The van der Waals surface area contributed by atoms with Crippen LogP contribution in [0.5, 0.6) is 0 Å². The van der Waals surface area contributed by atoms with E-state index in [-0.39, 0.29) is 23.8 Å². The van der Waals surface area contributed by atoms with Gasteiger partial charge in [0.2, 0.25) is 0 Å². The Bertz CT molecular complexity index is 422. The summed E-state index contributed by atoms with van der Waals surface area (Å²) in [5, 5.41) is 19.9. The van der Waals surface area contributed by atoms with Crippen LogP contribution in [-0.2, 0) is 0 Å². The van der Waals surface area contributed by atoms with Crippen LogP contribution in [0.2, 0.25) is 0 Å². The lowest BCUT2D eigenvalue weighted by Gasteiger charge is -2.21. The van der Waals surface area contributed by atoms with E-state index in [1.165, 1.54) is 11.8 Å². The van der Waals surface area contributed by atoms with Gasteiger partial charge in [0.05, 0.1) is 23.6 Å². The van der Waals surface area contributed by atoms with E-state index in [9.17, 15) is 9.90 Å². The maximum absolute atomic E-state index is 12.1. The van der Waals surface area contributed by atoms with E-state index in [2.05, 4.69) is 15.5 Å². The number of amides is 1. The van der Waals surface area contributed by atoms with Crippen molar-refractivity contribution in [2.45, 2.75) is 32.1 Å². The molecule has 1 aromatic heterocycles. The van der Waals surface area contributed by atoms with Crippen LogP contribution >= 0.6 is 11.8 Å². The summed E-state index contributed by atoms with van der Waals surface area (Å²) in [6, 6.07) is 1.61. The number of nitrogens with zero attached hydrogens (tertiary/aromatic N) is 2. The number of carbonyl (C=O) groups is 1. The van der Waals surface area contributed by atoms with Crippen LogP contribution in [0.15, 0.2) is 6.07 Å². The Balaban J connectivity index is 2.79. The summed E-state index contributed by atoms with van der Waals surface area (Å²) in [5.74, 6) is -0.175. The number of rotatable bonds is 5. The second kappa shape index (κ2) is 6.70. The number of thioether (sulfide) groups is 1. The topological polar surface area (TPSA) is 75.1 Å². The standard InChI is InChI=1S/C12H19N3O2S/c1-7-5-10(8(2)15-14-7)12(17)13-9(3)11(6-16)18-4/h5,9,11,16H,6H2,1-4H3,(H,13,17). The smallest absolute Gasteiger partial charge is 0.253 e. The van der Waals surface area contributed by atoms with E-state index in [0.717, 1.165) is 0 Å². The first-order valence-electron chi connectivity index (χ1n) is 5.75. The first kappa shape index (κ1) is 14.9. The van der Waals surface area contributed by atoms with Gasteiger partial charge in [0.15, 0.2) is 0 Å². The maximum Gasteiger partial charge on any atom is 0.253 e. The average molecular weight is 269 g/mol. The predicted octanol–water partition coefficient (Wildman–Crippen LogP) is 0.936. The molecule has 1 amide bonds. The van der Waals surface area contributed by atoms with Gasteiger partial charge in [-0.05, 0) is 33.1 Å². The lowest BCUT2D eigenvalue weighted by molar-refractivity contribution is 0.0934. The molecule has 2 unspecified atom stereocenters. The van der Waals surface area contributed by atoms with E-state index in [1.807, 2.05) is 13.2 Å². The highest BCUT2D eigenvalue weighted by molar-refractivity contribution is 7.99. The Hall–Kier alpha value is -1.14. The molecule has 0 aliphatic rings. The number of aliphatic hydroxyl groups is 1. The Morgan fingerprint density at radius 3 is 2.72 bits per heavy atom. The molecule has 6 heteroatoms. The Morgan fingerprint density at radius 1 is 1.50 bits per heavy atom. The van der Waals surface area contributed by atoms with Gasteiger partial charge >= 0.3 is 0 Å². The van der Waals surface area contributed by atoms with Gasteiger partial charge in [0.1, 0.15) is 0 Å². The van der Waals surface area contributed by atoms with Crippen molar-refractivity contribution in [1.29, 1.82) is 0 Å². The highest BCUT2D eigenvalue weighted by atomic mass is 32.2. The van der Waals surface area contributed by atoms with E-state index >= 15 is 0 Å². The number of aryl methyl sites for hydroxylation is 2. The van der Waals surface area contributed by atoms with Gasteiger partial charge in [-0.1, -0.05) is 0 Å². The molecular weight excluding hydrogens is 250 g/mol. The molecule has 0 aliphatic carbocycles. The number of nitrogens with one attached hydrogen (secondary N) is 1. The van der Waals surface area contributed by atoms with Crippen LogP contribution in [0.25, 0.3) is 0 Å². The van der Waals surface area contributed by atoms with Crippen LogP contribution in [0.4, 0.5) is 0 Å². The second-order valence-corrected chi connectivity index (χ2v) is 5.28. The largest absolute Gasteiger partial charge is 0.395 e. The summed E-state index contributed by atoms with van der Waals surface area (Å²) in [6.07, 6.45) is 1.91. The third-order valence-electron chi connectivity index (χ3n) is 2.74. The monoisotopic (exact) mass is 269 g/mol. The van der Waals surface area contributed by atoms with Gasteiger partial charge in [-0.3, -0.25) is 4.79 Å². The molecule has 100 valence electrons. The molecule has 0 saturated carbocycles. The Labute approximate surface area is 111 Å². The molecule has 1 heterocycles. The van der Waals surface area contributed by atoms with Crippen molar-refractivity contribution in [2.75, 3.05) is 12.9 Å². The van der Waals surface area contributed by atoms with Crippen molar-refractivity contribution in [3.05, 3.63) is 23.0 Å². The van der Waals surface area contributed by atoms with E-state index in [1.54, 1.807) is 19.9 Å². The minimum Gasteiger partial charge on any atom is -0.395 e. The average Bonchev–Trinajstić information content (AvgIpc) is 2.33. The molecule has 2 N–H and O–H groups in total. The minimum absolute atomic E-state index is 0.00912. The minimum atomic E-state index is -0.175. The summed E-state index contributed by atoms with van der Waals surface area (Å²) < 4.78 is 0. The van der Waals surface area contributed by atoms with Gasteiger partial charge < -0.3 is 10.4 Å². The lowest BCUT2D eigenvalue weighted by Crippen LogP contribution is -2.41. The zero-order valence-electron chi connectivity index (χ0n) is 11.1. The molecule has 0 spiro atoms. The van der Waals surface area contributed by atoms with Crippen LogP contribution < -0.4 is 5.32 Å². The van der Waals surface area contributed by atoms with Crippen molar-refractivity contribution >= 4 is 17.7 Å². The SMILES string of the molecule is CSC(CO)C(C)NC(=O)c1cc(C)nnc1C. The summed E-state index contributed by atoms with van der Waals surface area (Å²) >= 11 is 1.53. The normalized spacial score (nSPS) is 14.1. The molecule has 0 radical (unpaired) electrons. The lowest BCUT2D eigenvalue weighted by atomic mass is 10.1. The molecule has 0 fully saturated rings. The molecule has 0 aromatic carbocycles. The van der Waals surface area contributed by atoms with Gasteiger partial charge in [0.25, 0.3) is 5.91 Å². The first-order valence-corrected chi connectivity index (χ1v) is 7.03. The predicted molar refractivity (Wildman–Crippen MR) is 72.8 cm³/mol. The fourth-order valence-corrected chi connectivity index (χ4v) is 2.22. The van der Waals surface area contributed by atoms with Crippen molar-refractivity contribution in [1.82, 2.24) is 15.5 Å². The zero-order chi connectivity index (χ0) is 13.7. The molecule has 1 aromatic rings. The van der Waals surface area contributed by atoms with Gasteiger partial charge in [0, 0.05) is 11.3 Å². The van der Waals surface area contributed by atoms with E-state index < -0.39 is 0 Å². The maximum atomic E-state index is 12.1. The summed E-state index contributed by atoms with van der Waals surface area (Å²) in [4.78, 5) is 12.1. The third-order valence-corrected chi connectivity index (χ3v) is 3.91. The van der Waals surface area contributed by atoms with Crippen LogP contribution in [-0.4, -0.2) is 45.4 Å². The molecule has 18 heavy (non-hydrogen) atoms.